The van der Waals surface area contributed by atoms with Crippen LogP contribution in [0, 0.1) is 0 Å². The van der Waals surface area contributed by atoms with Crippen molar-refractivity contribution in [3.05, 3.63) is 211 Å². The molecule has 1 unspecified atom stereocenters. The fourth-order valence-corrected chi connectivity index (χ4v) is 8.61. The van der Waals surface area contributed by atoms with E-state index in [1.807, 2.05) is 0 Å². The molecule has 0 N–H and O–H groups in total. The largest absolute Gasteiger partial charge is 0.456 e. The van der Waals surface area contributed by atoms with Gasteiger partial charge in [-0.1, -0.05) is 172 Å². The molecule has 1 heterocycles. The predicted octanol–water partition coefficient (Wildman–Crippen LogP) is 16.0. The SMILES string of the molecule is CCC(/C=C\Cc1ccccc1)c1c(C(C)C)c2ccccc2c2c1oc1cc(N(c3ccc(-c4ccccc4)cc3)c3ccc(-c4ccccc4)cc3)ccc12. The average Bonchev–Trinajstić information content (AvgIpc) is 3.65. The van der Waals surface area contributed by atoms with Crippen molar-refractivity contribution < 1.29 is 4.42 Å². The molecule has 2 heteroatoms. The van der Waals surface area contributed by atoms with Crippen LogP contribution in [0.5, 0.6) is 0 Å². The standard InChI is InChI=1S/C55H47NO/c1-4-40(24-16-19-39-17-8-5-9-18-39)53-52(38(2)3)48-25-14-15-26-49(48)54-50-36-35-47(37-51(50)57-55(53)54)56(45-31-27-43(28-32-45)41-20-10-6-11-21-41)46-33-29-44(30-34-46)42-22-12-7-13-23-42/h5-18,20-38,40H,4,19H2,1-3H3/b24-16-. The van der Waals surface area contributed by atoms with E-state index in [2.05, 4.69) is 220 Å². The first-order valence-corrected chi connectivity index (χ1v) is 20.3. The van der Waals surface area contributed by atoms with Gasteiger partial charge in [-0.15, -0.1) is 0 Å². The van der Waals surface area contributed by atoms with Crippen LogP contribution < -0.4 is 4.90 Å². The van der Waals surface area contributed by atoms with Crippen molar-refractivity contribution in [2.24, 2.45) is 0 Å². The highest BCUT2D eigenvalue weighted by atomic mass is 16.3. The summed E-state index contributed by atoms with van der Waals surface area (Å²) in [6, 6.07) is 65.4. The molecular weight excluding hydrogens is 691 g/mol. The van der Waals surface area contributed by atoms with Gasteiger partial charge in [-0.2, -0.15) is 0 Å². The van der Waals surface area contributed by atoms with E-state index in [-0.39, 0.29) is 5.92 Å². The normalized spacial score (nSPS) is 12.3. The summed E-state index contributed by atoms with van der Waals surface area (Å²) < 4.78 is 7.19. The third-order valence-corrected chi connectivity index (χ3v) is 11.4. The van der Waals surface area contributed by atoms with Crippen LogP contribution in [0.15, 0.2) is 199 Å². The maximum atomic E-state index is 7.19. The fourth-order valence-electron chi connectivity index (χ4n) is 8.61. The van der Waals surface area contributed by atoms with Crippen LogP contribution in [-0.4, -0.2) is 0 Å². The average molecular weight is 738 g/mol. The predicted molar refractivity (Wildman–Crippen MR) is 243 cm³/mol. The summed E-state index contributed by atoms with van der Waals surface area (Å²) in [5.41, 5.74) is 13.9. The van der Waals surface area contributed by atoms with E-state index in [9.17, 15) is 0 Å². The summed E-state index contributed by atoms with van der Waals surface area (Å²) in [6.45, 7) is 6.94. The topological polar surface area (TPSA) is 16.4 Å². The van der Waals surface area contributed by atoms with Gasteiger partial charge in [0.2, 0.25) is 0 Å². The van der Waals surface area contributed by atoms with Gasteiger partial charge in [0.05, 0.1) is 0 Å². The quantitative estimate of drug-likeness (QED) is 0.123. The van der Waals surface area contributed by atoms with Crippen LogP contribution in [-0.2, 0) is 6.42 Å². The molecular formula is C55H47NO. The van der Waals surface area contributed by atoms with E-state index in [1.165, 1.54) is 55.1 Å². The second kappa shape index (κ2) is 15.8. The lowest BCUT2D eigenvalue weighted by Crippen LogP contribution is -2.09. The molecule has 0 amide bonds. The van der Waals surface area contributed by atoms with E-state index < -0.39 is 0 Å². The van der Waals surface area contributed by atoms with Gasteiger partial charge in [-0.25, -0.2) is 0 Å². The van der Waals surface area contributed by atoms with Crippen LogP contribution in [0.3, 0.4) is 0 Å². The summed E-state index contributed by atoms with van der Waals surface area (Å²) >= 11 is 0. The van der Waals surface area contributed by atoms with Gasteiger partial charge in [-0.05, 0) is 99.3 Å². The van der Waals surface area contributed by atoms with Crippen LogP contribution in [0.2, 0.25) is 0 Å². The Hall–Kier alpha value is -6.64. The number of furan rings is 1. The van der Waals surface area contributed by atoms with Crippen molar-refractivity contribution >= 4 is 49.8 Å². The minimum atomic E-state index is 0.209. The summed E-state index contributed by atoms with van der Waals surface area (Å²) in [5, 5.41) is 4.91. The molecule has 0 radical (unpaired) electrons. The van der Waals surface area contributed by atoms with Gasteiger partial charge in [-0.3, -0.25) is 0 Å². The first-order chi connectivity index (χ1) is 28.1. The molecule has 0 saturated heterocycles. The van der Waals surface area contributed by atoms with Crippen molar-refractivity contribution in [3.8, 4) is 22.3 Å². The first kappa shape index (κ1) is 36.0. The Morgan fingerprint density at radius 1 is 0.509 bits per heavy atom. The van der Waals surface area contributed by atoms with Gasteiger partial charge in [0.15, 0.2) is 0 Å². The Kier molecular flexibility index (Phi) is 10.0. The minimum absolute atomic E-state index is 0.209. The van der Waals surface area contributed by atoms with Gasteiger partial charge < -0.3 is 9.32 Å². The lowest BCUT2D eigenvalue weighted by molar-refractivity contribution is 0.650. The third-order valence-electron chi connectivity index (χ3n) is 11.4. The Balaban J connectivity index is 1.21. The van der Waals surface area contributed by atoms with Crippen LogP contribution in [0.4, 0.5) is 17.1 Å². The summed E-state index contributed by atoms with van der Waals surface area (Å²) in [5.74, 6) is 0.531. The second-order valence-electron chi connectivity index (χ2n) is 15.3. The number of hydrogen-bond donors (Lipinski definition) is 0. The maximum absolute atomic E-state index is 7.19. The summed E-state index contributed by atoms with van der Waals surface area (Å²) in [7, 11) is 0. The lowest BCUT2D eigenvalue weighted by atomic mass is 9.82. The Labute approximate surface area is 336 Å². The van der Waals surface area contributed by atoms with Crippen molar-refractivity contribution in [1.82, 2.24) is 0 Å². The molecule has 0 spiro atoms. The molecule has 1 aromatic heterocycles. The van der Waals surface area contributed by atoms with Gasteiger partial charge in [0.25, 0.3) is 0 Å². The zero-order valence-corrected chi connectivity index (χ0v) is 32.9. The van der Waals surface area contributed by atoms with Crippen molar-refractivity contribution in [1.29, 1.82) is 0 Å². The van der Waals surface area contributed by atoms with E-state index >= 15 is 0 Å². The monoisotopic (exact) mass is 737 g/mol. The van der Waals surface area contributed by atoms with E-state index in [4.69, 9.17) is 4.42 Å². The Morgan fingerprint density at radius 2 is 1.02 bits per heavy atom. The number of anilines is 3. The van der Waals surface area contributed by atoms with Crippen molar-refractivity contribution in [3.63, 3.8) is 0 Å². The van der Waals surface area contributed by atoms with Crippen molar-refractivity contribution in [2.75, 3.05) is 4.90 Å². The number of fused-ring (bicyclic) bond motifs is 5. The zero-order valence-electron chi connectivity index (χ0n) is 32.9. The van der Waals surface area contributed by atoms with E-state index in [0.717, 1.165) is 46.5 Å². The third kappa shape index (κ3) is 7.04. The number of hydrogen-bond acceptors (Lipinski definition) is 2. The molecule has 8 aromatic carbocycles. The smallest absolute Gasteiger partial charge is 0.140 e. The second-order valence-corrected chi connectivity index (χ2v) is 15.3. The molecule has 0 saturated carbocycles. The zero-order chi connectivity index (χ0) is 38.7. The molecule has 0 bridgehead atoms. The maximum Gasteiger partial charge on any atom is 0.140 e. The summed E-state index contributed by atoms with van der Waals surface area (Å²) in [4.78, 5) is 2.34. The number of allylic oxidation sites excluding steroid dienone is 2. The number of rotatable bonds is 11. The highest BCUT2D eigenvalue weighted by molar-refractivity contribution is 6.21. The fraction of sp³-hybridized carbons (Fsp3) is 0.127. The van der Waals surface area contributed by atoms with Gasteiger partial charge in [0, 0.05) is 45.4 Å². The lowest BCUT2D eigenvalue weighted by Gasteiger charge is -2.26. The first-order valence-electron chi connectivity index (χ1n) is 20.3. The van der Waals surface area contributed by atoms with E-state index in [1.54, 1.807) is 0 Å². The molecule has 0 fully saturated rings. The molecule has 2 nitrogen and oxygen atoms in total. The highest BCUT2D eigenvalue weighted by Crippen LogP contribution is 2.47. The number of benzene rings is 8. The van der Waals surface area contributed by atoms with Gasteiger partial charge >= 0.3 is 0 Å². The Morgan fingerprint density at radius 3 is 1.58 bits per heavy atom. The van der Waals surface area contributed by atoms with Gasteiger partial charge in [0.1, 0.15) is 11.2 Å². The molecule has 9 aromatic rings. The van der Waals surface area contributed by atoms with Crippen molar-refractivity contribution in [2.45, 2.75) is 45.4 Å². The minimum Gasteiger partial charge on any atom is -0.456 e. The van der Waals surface area contributed by atoms with E-state index in [0.29, 0.717) is 5.92 Å². The Bertz CT molecular complexity index is 2710. The molecule has 57 heavy (non-hydrogen) atoms. The van der Waals surface area contributed by atoms with Crippen LogP contribution >= 0.6 is 0 Å². The highest BCUT2D eigenvalue weighted by Gasteiger charge is 2.26. The molecule has 0 aliphatic carbocycles. The summed E-state index contributed by atoms with van der Waals surface area (Å²) in [6.07, 6.45) is 6.65. The van der Waals surface area contributed by atoms with Crippen LogP contribution in [0.1, 0.15) is 55.7 Å². The molecule has 278 valence electrons. The number of nitrogens with zero attached hydrogens (tertiary/aromatic N) is 1. The van der Waals surface area contributed by atoms with Crippen LogP contribution in [0.25, 0.3) is 55.0 Å². The molecule has 1 atom stereocenters. The molecule has 0 aliphatic heterocycles. The molecule has 0 aliphatic rings. The molecule has 9 rings (SSSR count).